The Kier molecular flexibility index (Phi) is 9.06. The summed E-state index contributed by atoms with van der Waals surface area (Å²) >= 11 is 0. The van der Waals surface area contributed by atoms with Gasteiger partial charge in [0.15, 0.2) is 0 Å². The molecule has 0 saturated carbocycles. The van der Waals surface area contributed by atoms with Crippen LogP contribution in [0.1, 0.15) is 18.4 Å². The molecule has 0 spiro atoms. The lowest BCUT2D eigenvalue weighted by Crippen LogP contribution is -2.28. The number of carbonyl (C=O) groups excluding carboxylic acids is 1. The molecule has 0 bridgehead atoms. The maximum absolute atomic E-state index is 11.2. The summed E-state index contributed by atoms with van der Waals surface area (Å²) in [4.78, 5) is 11.2. The highest BCUT2D eigenvalue weighted by Gasteiger charge is 1.99. The van der Waals surface area contributed by atoms with Crippen LogP contribution >= 0.6 is 12.4 Å². The number of carbonyl (C=O) groups is 1. The monoisotopic (exact) mass is 272 g/mol. The first kappa shape index (κ1) is 16.7. The molecular weight excluding hydrogens is 252 g/mol. The summed E-state index contributed by atoms with van der Waals surface area (Å²) in [6.45, 7) is 3.59. The van der Waals surface area contributed by atoms with Gasteiger partial charge in [0.2, 0.25) is 5.91 Å². The Hall–Kier alpha value is -1.26. The number of nitrogens with two attached hydrogens (primary N) is 1. The molecule has 0 aliphatic rings. The number of aryl methyl sites for hydroxylation is 1. The molecule has 0 aliphatic carbocycles. The number of nitrogens with one attached hydrogen (secondary N) is 1. The van der Waals surface area contributed by atoms with Crippen LogP contribution in [0.3, 0.4) is 0 Å². The molecule has 0 aromatic heterocycles. The number of rotatable bonds is 7. The van der Waals surface area contributed by atoms with E-state index in [1.807, 2.05) is 31.2 Å². The van der Waals surface area contributed by atoms with Crippen molar-refractivity contribution in [2.45, 2.75) is 19.8 Å². The van der Waals surface area contributed by atoms with Crippen molar-refractivity contribution < 1.29 is 9.53 Å². The maximum atomic E-state index is 11.2. The van der Waals surface area contributed by atoms with E-state index in [1.54, 1.807) is 0 Å². The number of halogens is 1. The van der Waals surface area contributed by atoms with Crippen LogP contribution < -0.4 is 15.8 Å². The van der Waals surface area contributed by atoms with Crippen molar-refractivity contribution >= 4 is 18.3 Å². The van der Waals surface area contributed by atoms with E-state index in [9.17, 15) is 4.79 Å². The summed E-state index contributed by atoms with van der Waals surface area (Å²) in [6, 6.07) is 7.83. The van der Waals surface area contributed by atoms with E-state index in [-0.39, 0.29) is 18.3 Å². The van der Waals surface area contributed by atoms with Gasteiger partial charge in [-0.3, -0.25) is 4.79 Å². The lowest BCUT2D eigenvalue weighted by Gasteiger charge is -2.07. The molecule has 1 amide bonds. The summed E-state index contributed by atoms with van der Waals surface area (Å²) in [5.74, 6) is 0.856. The Labute approximate surface area is 114 Å². The fraction of sp³-hybridized carbons (Fsp3) is 0.462. The van der Waals surface area contributed by atoms with Gasteiger partial charge in [0.05, 0.1) is 6.54 Å². The first-order valence-electron chi connectivity index (χ1n) is 5.88. The second kappa shape index (κ2) is 9.74. The number of hydrogen-bond donors (Lipinski definition) is 2. The first-order chi connectivity index (χ1) is 8.22. The van der Waals surface area contributed by atoms with Gasteiger partial charge >= 0.3 is 0 Å². The highest BCUT2D eigenvalue weighted by atomic mass is 35.5. The predicted octanol–water partition coefficient (Wildman–Crippen LogP) is 1.65. The van der Waals surface area contributed by atoms with Crippen molar-refractivity contribution in [1.29, 1.82) is 0 Å². The predicted molar refractivity (Wildman–Crippen MR) is 75.2 cm³/mol. The van der Waals surface area contributed by atoms with Gasteiger partial charge in [-0.15, -0.1) is 12.4 Å². The largest absolute Gasteiger partial charge is 0.492 e. The quantitative estimate of drug-likeness (QED) is 0.742. The highest BCUT2D eigenvalue weighted by Crippen LogP contribution is 2.10. The van der Waals surface area contributed by atoms with E-state index in [2.05, 4.69) is 5.32 Å². The Bertz CT molecular complexity index is 341. The third kappa shape index (κ3) is 7.14. The molecule has 0 aliphatic heterocycles. The third-order valence-electron chi connectivity index (χ3n) is 2.32. The Morgan fingerprint density at radius 3 is 2.61 bits per heavy atom. The molecule has 0 unspecified atom stereocenters. The Balaban J connectivity index is 0.00000289. The molecule has 0 saturated heterocycles. The van der Waals surface area contributed by atoms with Gasteiger partial charge in [0.25, 0.3) is 0 Å². The fourth-order valence-corrected chi connectivity index (χ4v) is 1.34. The molecule has 0 atom stereocenters. The van der Waals surface area contributed by atoms with Crippen molar-refractivity contribution in [1.82, 2.24) is 5.32 Å². The third-order valence-corrected chi connectivity index (χ3v) is 2.32. The molecule has 102 valence electrons. The number of hydrogen-bond acceptors (Lipinski definition) is 3. The zero-order valence-electron chi connectivity index (χ0n) is 10.6. The van der Waals surface area contributed by atoms with E-state index in [0.29, 0.717) is 26.1 Å². The minimum Gasteiger partial charge on any atom is -0.492 e. The zero-order chi connectivity index (χ0) is 12.5. The van der Waals surface area contributed by atoms with E-state index in [1.165, 1.54) is 5.56 Å². The minimum atomic E-state index is 0. The molecule has 1 aromatic carbocycles. The van der Waals surface area contributed by atoms with Crippen molar-refractivity contribution in [3.05, 3.63) is 29.8 Å². The van der Waals surface area contributed by atoms with Gasteiger partial charge in [-0.05, 0) is 32.0 Å². The maximum Gasteiger partial charge on any atom is 0.220 e. The van der Waals surface area contributed by atoms with E-state index in [0.717, 1.165) is 12.2 Å². The van der Waals surface area contributed by atoms with Crippen molar-refractivity contribution in [3.8, 4) is 5.75 Å². The van der Waals surface area contributed by atoms with E-state index >= 15 is 0 Å². The van der Waals surface area contributed by atoms with Crippen LogP contribution in [0, 0.1) is 6.92 Å². The van der Waals surface area contributed by atoms with Crippen LogP contribution in [0.4, 0.5) is 0 Å². The van der Waals surface area contributed by atoms with Crippen molar-refractivity contribution in [2.24, 2.45) is 5.73 Å². The molecule has 3 N–H and O–H groups in total. The topological polar surface area (TPSA) is 64.3 Å². The molecule has 1 aromatic rings. The summed E-state index contributed by atoms with van der Waals surface area (Å²) < 4.78 is 5.48. The van der Waals surface area contributed by atoms with Crippen molar-refractivity contribution in [2.75, 3.05) is 19.7 Å². The minimum absolute atomic E-state index is 0. The molecular formula is C13H21ClN2O2. The zero-order valence-corrected chi connectivity index (χ0v) is 11.5. The first-order valence-corrected chi connectivity index (χ1v) is 5.88. The van der Waals surface area contributed by atoms with Gasteiger partial charge in [-0.25, -0.2) is 0 Å². The van der Waals surface area contributed by atoms with Gasteiger partial charge in [0.1, 0.15) is 12.4 Å². The SMILES string of the molecule is Cc1ccc(OCCNC(=O)CCCN)cc1.Cl. The molecule has 0 fully saturated rings. The second-order valence-corrected chi connectivity index (χ2v) is 3.90. The molecule has 18 heavy (non-hydrogen) atoms. The second-order valence-electron chi connectivity index (χ2n) is 3.90. The normalized spacial score (nSPS) is 9.44. The van der Waals surface area contributed by atoms with Gasteiger partial charge < -0.3 is 15.8 Å². The average Bonchev–Trinajstić information content (AvgIpc) is 2.34. The lowest BCUT2D eigenvalue weighted by atomic mass is 10.2. The molecule has 0 heterocycles. The van der Waals surface area contributed by atoms with Crippen LogP contribution in [0.2, 0.25) is 0 Å². The van der Waals surface area contributed by atoms with E-state index in [4.69, 9.17) is 10.5 Å². The molecule has 5 heteroatoms. The molecule has 4 nitrogen and oxygen atoms in total. The molecule has 0 radical (unpaired) electrons. The summed E-state index contributed by atoms with van der Waals surface area (Å²) in [6.07, 6.45) is 1.21. The molecule has 1 rings (SSSR count). The van der Waals surface area contributed by atoms with Crippen LogP contribution in [-0.4, -0.2) is 25.6 Å². The standard InChI is InChI=1S/C13H20N2O2.ClH/c1-11-4-6-12(7-5-11)17-10-9-15-13(16)3-2-8-14;/h4-7H,2-3,8-10,14H2,1H3,(H,15,16);1H. The van der Waals surface area contributed by atoms with Crippen LogP contribution in [-0.2, 0) is 4.79 Å². The highest BCUT2D eigenvalue weighted by molar-refractivity contribution is 5.85. The Morgan fingerprint density at radius 2 is 2.00 bits per heavy atom. The smallest absolute Gasteiger partial charge is 0.220 e. The Morgan fingerprint density at radius 1 is 1.33 bits per heavy atom. The number of benzene rings is 1. The number of ether oxygens (including phenoxy) is 1. The lowest BCUT2D eigenvalue weighted by molar-refractivity contribution is -0.121. The van der Waals surface area contributed by atoms with Gasteiger partial charge in [-0.2, -0.15) is 0 Å². The fourth-order valence-electron chi connectivity index (χ4n) is 1.34. The number of amides is 1. The average molecular weight is 273 g/mol. The summed E-state index contributed by atoms with van der Waals surface area (Å²) in [5.41, 5.74) is 6.52. The van der Waals surface area contributed by atoms with E-state index < -0.39 is 0 Å². The van der Waals surface area contributed by atoms with Crippen molar-refractivity contribution in [3.63, 3.8) is 0 Å². The van der Waals surface area contributed by atoms with Gasteiger partial charge in [0, 0.05) is 6.42 Å². The van der Waals surface area contributed by atoms with Crippen LogP contribution in [0.5, 0.6) is 5.75 Å². The van der Waals surface area contributed by atoms with Gasteiger partial charge in [-0.1, -0.05) is 17.7 Å². The van der Waals surface area contributed by atoms with Crippen LogP contribution in [0.25, 0.3) is 0 Å². The summed E-state index contributed by atoms with van der Waals surface area (Å²) in [5, 5.41) is 2.78. The summed E-state index contributed by atoms with van der Waals surface area (Å²) in [7, 11) is 0. The van der Waals surface area contributed by atoms with Crippen LogP contribution in [0.15, 0.2) is 24.3 Å².